The van der Waals surface area contributed by atoms with Crippen LogP contribution >= 0.6 is 0 Å². The minimum absolute atomic E-state index is 0.112. The molecule has 0 radical (unpaired) electrons. The van der Waals surface area contributed by atoms with Gasteiger partial charge in [-0.25, -0.2) is 8.42 Å². The molecule has 1 amide bonds. The molecule has 7 heteroatoms. The Hall–Kier alpha value is -3.32. The molecule has 0 saturated carbocycles. The minimum atomic E-state index is -4.04. The number of aryl methyl sites for hydroxylation is 4. The second-order valence-corrected chi connectivity index (χ2v) is 10.7. The zero-order chi connectivity index (χ0) is 25.8. The van der Waals surface area contributed by atoms with Crippen LogP contribution in [0.5, 0.6) is 5.75 Å². The monoisotopic (exact) mass is 494 g/mol. The number of amides is 1. The number of nitrogens with zero attached hydrogens (tertiary/aromatic N) is 1. The third-order valence-electron chi connectivity index (χ3n) is 6.18. The Kier molecular flexibility index (Phi) is 8.22. The van der Waals surface area contributed by atoms with Gasteiger partial charge in [-0.15, -0.1) is 0 Å². The first-order valence-electron chi connectivity index (χ1n) is 11.7. The highest BCUT2D eigenvalue weighted by Gasteiger charge is 2.30. The molecule has 1 unspecified atom stereocenters. The third kappa shape index (κ3) is 6.03. The lowest BCUT2D eigenvalue weighted by Crippen LogP contribution is -2.42. The molecule has 1 N–H and O–H groups in total. The molecule has 3 aromatic rings. The molecule has 0 aliphatic rings. The van der Waals surface area contributed by atoms with Crippen molar-refractivity contribution in [3.8, 4) is 5.75 Å². The Morgan fingerprint density at radius 1 is 0.914 bits per heavy atom. The lowest BCUT2D eigenvalue weighted by molar-refractivity contribution is -0.120. The number of benzene rings is 3. The normalized spacial score (nSPS) is 12.2. The van der Waals surface area contributed by atoms with E-state index in [2.05, 4.69) is 11.4 Å². The van der Waals surface area contributed by atoms with Crippen molar-refractivity contribution in [1.82, 2.24) is 5.32 Å². The Morgan fingerprint density at radius 3 is 2.17 bits per heavy atom. The molecular weight excluding hydrogens is 460 g/mol. The van der Waals surface area contributed by atoms with Crippen LogP contribution in [0.1, 0.15) is 47.2 Å². The zero-order valence-electron chi connectivity index (χ0n) is 21.3. The summed E-state index contributed by atoms with van der Waals surface area (Å²) in [5.41, 5.74) is 5.43. The average Bonchev–Trinajstić information content (AvgIpc) is 2.83. The smallest absolute Gasteiger partial charge is 0.264 e. The molecular formula is C28H34N2O4S. The van der Waals surface area contributed by atoms with Crippen molar-refractivity contribution in [3.63, 3.8) is 0 Å². The maximum atomic E-state index is 13.8. The standard InChI is InChI=1S/C28H34N2O4S/c1-7-25(23-12-11-21(4)22(5)17-23)29-28(31)18-30(26-16-20(3)10-15-27(26)34-6)35(32,33)24-13-8-19(2)9-14-24/h8-17,25H,7,18H2,1-6H3,(H,29,31). The van der Waals surface area contributed by atoms with Gasteiger partial charge in [0.1, 0.15) is 12.3 Å². The van der Waals surface area contributed by atoms with E-state index in [0.29, 0.717) is 17.9 Å². The second-order valence-electron chi connectivity index (χ2n) is 8.87. The van der Waals surface area contributed by atoms with Crippen molar-refractivity contribution < 1.29 is 17.9 Å². The van der Waals surface area contributed by atoms with Gasteiger partial charge in [-0.2, -0.15) is 0 Å². The molecule has 1 atom stereocenters. The lowest BCUT2D eigenvalue weighted by Gasteiger charge is -2.27. The number of carbonyl (C=O) groups excluding carboxylic acids is 1. The van der Waals surface area contributed by atoms with Crippen molar-refractivity contribution in [2.45, 2.75) is 52.0 Å². The van der Waals surface area contributed by atoms with Gasteiger partial charge in [0.15, 0.2) is 0 Å². The van der Waals surface area contributed by atoms with E-state index in [1.54, 1.807) is 36.4 Å². The second kappa shape index (κ2) is 11.0. The Balaban J connectivity index is 1.99. The molecule has 0 spiro atoms. The lowest BCUT2D eigenvalue weighted by atomic mass is 9.99. The van der Waals surface area contributed by atoms with E-state index in [1.165, 1.54) is 12.7 Å². The Bertz CT molecular complexity index is 1300. The molecule has 0 aliphatic carbocycles. The summed E-state index contributed by atoms with van der Waals surface area (Å²) in [4.78, 5) is 13.4. The molecule has 3 aromatic carbocycles. The Labute approximate surface area is 209 Å². The molecule has 0 bridgehead atoms. The number of rotatable bonds is 9. The summed E-state index contributed by atoms with van der Waals surface area (Å²) in [6.45, 7) is 9.45. The molecule has 0 aromatic heterocycles. The van der Waals surface area contributed by atoms with Gasteiger partial charge in [0.05, 0.1) is 23.7 Å². The molecule has 6 nitrogen and oxygen atoms in total. The zero-order valence-corrected chi connectivity index (χ0v) is 22.1. The molecule has 186 valence electrons. The number of anilines is 1. The van der Waals surface area contributed by atoms with E-state index >= 15 is 0 Å². The fourth-order valence-corrected chi connectivity index (χ4v) is 5.33. The number of nitrogens with one attached hydrogen (secondary N) is 1. The number of methoxy groups -OCH3 is 1. The summed E-state index contributed by atoms with van der Waals surface area (Å²) in [6, 6.07) is 17.7. The quantitative estimate of drug-likeness (QED) is 0.433. The van der Waals surface area contributed by atoms with Gasteiger partial charge >= 0.3 is 0 Å². The highest BCUT2D eigenvalue weighted by molar-refractivity contribution is 7.92. The van der Waals surface area contributed by atoms with Crippen LogP contribution in [-0.2, 0) is 14.8 Å². The van der Waals surface area contributed by atoms with Crippen LogP contribution < -0.4 is 14.4 Å². The van der Waals surface area contributed by atoms with Gasteiger partial charge in [-0.1, -0.05) is 48.9 Å². The molecule has 35 heavy (non-hydrogen) atoms. The van der Waals surface area contributed by atoms with Crippen LogP contribution in [0, 0.1) is 27.7 Å². The number of sulfonamides is 1. The molecule has 3 rings (SSSR count). The van der Waals surface area contributed by atoms with Crippen LogP contribution in [0.3, 0.4) is 0 Å². The minimum Gasteiger partial charge on any atom is -0.495 e. The third-order valence-corrected chi connectivity index (χ3v) is 7.95. The first kappa shape index (κ1) is 26.3. The van der Waals surface area contributed by atoms with Crippen LogP contribution in [0.15, 0.2) is 65.6 Å². The van der Waals surface area contributed by atoms with Gasteiger partial charge < -0.3 is 10.1 Å². The van der Waals surface area contributed by atoms with Crippen LogP contribution in [-0.4, -0.2) is 28.0 Å². The van der Waals surface area contributed by atoms with E-state index in [4.69, 9.17) is 4.74 Å². The van der Waals surface area contributed by atoms with E-state index in [-0.39, 0.29) is 17.5 Å². The van der Waals surface area contributed by atoms with E-state index in [9.17, 15) is 13.2 Å². The SMILES string of the molecule is CCC(NC(=O)CN(c1cc(C)ccc1OC)S(=O)(=O)c1ccc(C)cc1)c1ccc(C)c(C)c1. The summed E-state index contributed by atoms with van der Waals surface area (Å²) >= 11 is 0. The van der Waals surface area contributed by atoms with Crippen LogP contribution in [0.25, 0.3) is 0 Å². The largest absolute Gasteiger partial charge is 0.495 e. The topological polar surface area (TPSA) is 75.7 Å². The van der Waals surface area contributed by atoms with Crippen LogP contribution in [0.4, 0.5) is 5.69 Å². The summed E-state index contributed by atoms with van der Waals surface area (Å²) in [5, 5.41) is 3.03. The van der Waals surface area contributed by atoms with E-state index in [1.807, 2.05) is 52.8 Å². The summed E-state index contributed by atoms with van der Waals surface area (Å²) < 4.78 is 34.1. The summed E-state index contributed by atoms with van der Waals surface area (Å²) in [7, 11) is -2.56. The predicted molar refractivity (Wildman–Crippen MR) is 141 cm³/mol. The highest BCUT2D eigenvalue weighted by atomic mass is 32.2. The fourth-order valence-electron chi connectivity index (χ4n) is 3.90. The highest BCUT2D eigenvalue weighted by Crippen LogP contribution is 2.33. The summed E-state index contributed by atoms with van der Waals surface area (Å²) in [5.74, 6) is -0.0189. The maximum Gasteiger partial charge on any atom is 0.264 e. The molecule has 0 heterocycles. The van der Waals surface area contributed by atoms with Crippen molar-refractivity contribution in [1.29, 1.82) is 0 Å². The molecule has 0 saturated heterocycles. The van der Waals surface area contributed by atoms with E-state index < -0.39 is 15.9 Å². The van der Waals surface area contributed by atoms with Crippen molar-refractivity contribution in [3.05, 3.63) is 88.5 Å². The van der Waals surface area contributed by atoms with Gasteiger partial charge in [-0.3, -0.25) is 9.10 Å². The van der Waals surface area contributed by atoms with Gasteiger partial charge in [0, 0.05) is 0 Å². The van der Waals surface area contributed by atoms with Crippen molar-refractivity contribution >= 4 is 21.6 Å². The molecule has 0 aliphatic heterocycles. The van der Waals surface area contributed by atoms with Crippen molar-refractivity contribution in [2.24, 2.45) is 0 Å². The maximum absolute atomic E-state index is 13.8. The van der Waals surface area contributed by atoms with Gasteiger partial charge in [0.25, 0.3) is 10.0 Å². The summed E-state index contributed by atoms with van der Waals surface area (Å²) in [6.07, 6.45) is 0.673. The van der Waals surface area contributed by atoms with E-state index in [0.717, 1.165) is 26.6 Å². The van der Waals surface area contributed by atoms with Gasteiger partial charge in [0.2, 0.25) is 5.91 Å². The first-order chi connectivity index (χ1) is 16.6. The number of carbonyl (C=O) groups is 1. The average molecular weight is 495 g/mol. The fraction of sp³-hybridized carbons (Fsp3) is 0.321. The number of ether oxygens (including phenoxy) is 1. The predicted octanol–water partition coefficient (Wildman–Crippen LogP) is 5.39. The van der Waals surface area contributed by atoms with Crippen molar-refractivity contribution in [2.75, 3.05) is 18.0 Å². The van der Waals surface area contributed by atoms with Gasteiger partial charge in [-0.05, 0) is 80.6 Å². The molecule has 0 fully saturated rings. The number of hydrogen-bond acceptors (Lipinski definition) is 4. The first-order valence-corrected chi connectivity index (χ1v) is 13.1. The Morgan fingerprint density at radius 2 is 1.57 bits per heavy atom. The van der Waals surface area contributed by atoms with Crippen LogP contribution in [0.2, 0.25) is 0 Å². The number of hydrogen-bond donors (Lipinski definition) is 1.